The van der Waals surface area contributed by atoms with Gasteiger partial charge in [-0.15, -0.1) is 0 Å². The topological polar surface area (TPSA) is 32.3 Å². The molecular formula is C19H21ClN2O. The van der Waals surface area contributed by atoms with Crippen molar-refractivity contribution in [3.05, 3.63) is 64.7 Å². The molecule has 0 aliphatic carbocycles. The highest BCUT2D eigenvalue weighted by Crippen LogP contribution is 2.27. The van der Waals surface area contributed by atoms with Crippen LogP contribution in [0.3, 0.4) is 0 Å². The van der Waals surface area contributed by atoms with Crippen LogP contribution < -0.4 is 5.32 Å². The molecule has 1 N–H and O–H groups in total. The molecule has 1 saturated heterocycles. The van der Waals surface area contributed by atoms with Gasteiger partial charge in [0.15, 0.2) is 0 Å². The van der Waals surface area contributed by atoms with Crippen molar-refractivity contribution in [1.29, 1.82) is 0 Å². The van der Waals surface area contributed by atoms with E-state index in [2.05, 4.69) is 10.2 Å². The minimum Gasteiger partial charge on any atom is -0.324 e. The van der Waals surface area contributed by atoms with Gasteiger partial charge >= 0.3 is 0 Å². The van der Waals surface area contributed by atoms with Crippen LogP contribution in [0.4, 0.5) is 5.69 Å². The number of aryl methyl sites for hydroxylation is 1. The van der Waals surface area contributed by atoms with Crippen LogP contribution in [0.15, 0.2) is 48.5 Å². The van der Waals surface area contributed by atoms with Gasteiger partial charge in [0.25, 0.3) is 0 Å². The van der Waals surface area contributed by atoms with Crippen LogP contribution in [0.2, 0.25) is 5.02 Å². The van der Waals surface area contributed by atoms with Crippen LogP contribution in [0.5, 0.6) is 0 Å². The Bertz CT molecular complexity index is 678. The Hall–Kier alpha value is -1.84. The van der Waals surface area contributed by atoms with Crippen molar-refractivity contribution >= 4 is 23.2 Å². The SMILES string of the molecule is Cc1cccc(NC(=O)C(c2ccc(Cl)cc2)N2CCCC2)c1. The molecule has 120 valence electrons. The lowest BCUT2D eigenvalue weighted by Gasteiger charge is -2.27. The van der Waals surface area contributed by atoms with E-state index in [4.69, 9.17) is 11.6 Å². The quantitative estimate of drug-likeness (QED) is 0.900. The third kappa shape index (κ3) is 3.92. The molecule has 2 aromatic carbocycles. The Morgan fingerprint density at radius 1 is 1.13 bits per heavy atom. The van der Waals surface area contributed by atoms with Crippen molar-refractivity contribution in [1.82, 2.24) is 4.90 Å². The van der Waals surface area contributed by atoms with Crippen molar-refractivity contribution in [2.45, 2.75) is 25.8 Å². The summed E-state index contributed by atoms with van der Waals surface area (Å²) in [5.41, 5.74) is 2.96. The van der Waals surface area contributed by atoms with E-state index >= 15 is 0 Å². The van der Waals surface area contributed by atoms with Crippen molar-refractivity contribution in [2.24, 2.45) is 0 Å². The first-order valence-electron chi connectivity index (χ1n) is 8.00. The molecule has 1 amide bonds. The number of carbonyl (C=O) groups is 1. The number of nitrogens with one attached hydrogen (secondary N) is 1. The van der Waals surface area contributed by atoms with E-state index in [0.29, 0.717) is 5.02 Å². The van der Waals surface area contributed by atoms with Gasteiger partial charge in [0.05, 0.1) is 0 Å². The minimum atomic E-state index is -0.268. The zero-order chi connectivity index (χ0) is 16.2. The number of anilines is 1. The second-order valence-corrected chi connectivity index (χ2v) is 6.49. The molecule has 0 bridgehead atoms. The van der Waals surface area contributed by atoms with Gasteiger partial charge in [-0.25, -0.2) is 0 Å². The summed E-state index contributed by atoms with van der Waals surface area (Å²) >= 11 is 5.99. The number of carbonyl (C=O) groups excluding carboxylic acids is 1. The van der Waals surface area contributed by atoms with E-state index in [1.807, 2.05) is 55.5 Å². The van der Waals surface area contributed by atoms with Crippen LogP contribution in [0.1, 0.15) is 30.0 Å². The lowest BCUT2D eigenvalue weighted by atomic mass is 10.0. The van der Waals surface area contributed by atoms with Crippen molar-refractivity contribution in [3.63, 3.8) is 0 Å². The molecule has 3 nitrogen and oxygen atoms in total. The number of nitrogens with zero attached hydrogens (tertiary/aromatic N) is 1. The van der Waals surface area contributed by atoms with E-state index in [-0.39, 0.29) is 11.9 Å². The fourth-order valence-electron chi connectivity index (χ4n) is 3.11. The van der Waals surface area contributed by atoms with E-state index < -0.39 is 0 Å². The second kappa shape index (κ2) is 7.16. The smallest absolute Gasteiger partial charge is 0.246 e. The molecule has 0 aromatic heterocycles. The van der Waals surface area contributed by atoms with Crippen molar-refractivity contribution in [2.75, 3.05) is 18.4 Å². The first kappa shape index (κ1) is 16.0. The summed E-state index contributed by atoms with van der Waals surface area (Å²) in [5.74, 6) is 0.0137. The lowest BCUT2D eigenvalue weighted by molar-refractivity contribution is -0.121. The van der Waals surface area contributed by atoms with Crippen LogP contribution in [0.25, 0.3) is 0 Å². The summed E-state index contributed by atoms with van der Waals surface area (Å²) in [7, 11) is 0. The van der Waals surface area contributed by atoms with Gasteiger partial charge in [-0.2, -0.15) is 0 Å². The fraction of sp³-hybridized carbons (Fsp3) is 0.316. The van der Waals surface area contributed by atoms with Gasteiger partial charge in [0, 0.05) is 10.7 Å². The number of halogens is 1. The van der Waals surface area contributed by atoms with E-state index in [0.717, 1.165) is 42.7 Å². The molecule has 0 radical (unpaired) electrons. The van der Waals surface area contributed by atoms with Gasteiger partial charge in [-0.05, 0) is 68.2 Å². The molecule has 0 spiro atoms. The zero-order valence-electron chi connectivity index (χ0n) is 13.3. The Labute approximate surface area is 142 Å². The summed E-state index contributed by atoms with van der Waals surface area (Å²) < 4.78 is 0. The predicted molar refractivity (Wildman–Crippen MR) is 94.8 cm³/mol. The minimum absolute atomic E-state index is 0.0137. The van der Waals surface area contributed by atoms with E-state index in [1.165, 1.54) is 0 Å². The van der Waals surface area contributed by atoms with Gasteiger partial charge in [-0.1, -0.05) is 35.9 Å². The molecule has 1 unspecified atom stereocenters. The molecule has 1 fully saturated rings. The number of amides is 1. The Balaban J connectivity index is 1.85. The first-order valence-corrected chi connectivity index (χ1v) is 8.38. The van der Waals surface area contributed by atoms with Gasteiger partial charge in [0.2, 0.25) is 5.91 Å². The van der Waals surface area contributed by atoms with Gasteiger partial charge in [-0.3, -0.25) is 9.69 Å². The zero-order valence-corrected chi connectivity index (χ0v) is 14.0. The fourth-order valence-corrected chi connectivity index (χ4v) is 3.23. The maximum atomic E-state index is 12.9. The van der Waals surface area contributed by atoms with Gasteiger partial charge < -0.3 is 5.32 Å². The lowest BCUT2D eigenvalue weighted by Crippen LogP contribution is -2.35. The standard InChI is InChI=1S/C19H21ClN2O/c1-14-5-4-6-17(13-14)21-19(23)18(22-11-2-3-12-22)15-7-9-16(20)10-8-15/h4-10,13,18H,2-3,11-12H2,1H3,(H,21,23). The Morgan fingerprint density at radius 2 is 1.83 bits per heavy atom. The number of hydrogen-bond donors (Lipinski definition) is 1. The summed E-state index contributed by atoms with van der Waals surface area (Å²) in [6, 6.07) is 15.2. The average Bonchev–Trinajstić information content (AvgIpc) is 3.03. The molecule has 0 saturated carbocycles. The molecule has 1 heterocycles. The average molecular weight is 329 g/mol. The van der Waals surface area contributed by atoms with Crippen LogP contribution in [0, 0.1) is 6.92 Å². The molecule has 23 heavy (non-hydrogen) atoms. The third-order valence-corrected chi connectivity index (χ3v) is 4.48. The highest BCUT2D eigenvalue weighted by molar-refractivity contribution is 6.30. The molecule has 4 heteroatoms. The molecule has 1 aliphatic heterocycles. The van der Waals surface area contributed by atoms with Crippen molar-refractivity contribution < 1.29 is 4.79 Å². The second-order valence-electron chi connectivity index (χ2n) is 6.06. The summed E-state index contributed by atoms with van der Waals surface area (Å²) in [5, 5.41) is 3.75. The Morgan fingerprint density at radius 3 is 2.48 bits per heavy atom. The highest BCUT2D eigenvalue weighted by atomic mass is 35.5. The van der Waals surface area contributed by atoms with E-state index in [9.17, 15) is 4.79 Å². The normalized spacial score (nSPS) is 16.3. The van der Waals surface area contributed by atoms with Crippen LogP contribution in [-0.4, -0.2) is 23.9 Å². The molecular weight excluding hydrogens is 308 g/mol. The monoisotopic (exact) mass is 328 g/mol. The number of hydrogen-bond acceptors (Lipinski definition) is 2. The van der Waals surface area contributed by atoms with Crippen molar-refractivity contribution in [3.8, 4) is 0 Å². The molecule has 1 aliphatic rings. The molecule has 3 rings (SSSR count). The number of rotatable bonds is 4. The maximum absolute atomic E-state index is 12.9. The van der Waals surface area contributed by atoms with Crippen LogP contribution in [-0.2, 0) is 4.79 Å². The first-order chi connectivity index (χ1) is 11.1. The summed E-state index contributed by atoms with van der Waals surface area (Å²) in [6.45, 7) is 3.93. The largest absolute Gasteiger partial charge is 0.324 e. The third-order valence-electron chi connectivity index (χ3n) is 4.23. The van der Waals surface area contributed by atoms with Crippen LogP contribution >= 0.6 is 11.6 Å². The number of likely N-dealkylation sites (tertiary alicyclic amines) is 1. The van der Waals surface area contributed by atoms with Gasteiger partial charge in [0.1, 0.15) is 6.04 Å². The summed E-state index contributed by atoms with van der Waals surface area (Å²) in [4.78, 5) is 15.2. The molecule has 2 aromatic rings. The Kier molecular flexibility index (Phi) is 4.99. The maximum Gasteiger partial charge on any atom is 0.246 e. The highest BCUT2D eigenvalue weighted by Gasteiger charge is 2.29. The molecule has 1 atom stereocenters. The van der Waals surface area contributed by atoms with E-state index in [1.54, 1.807) is 0 Å². The predicted octanol–water partition coefficient (Wildman–Crippen LogP) is 4.42. The number of benzene rings is 2. The summed E-state index contributed by atoms with van der Waals surface area (Å²) in [6.07, 6.45) is 2.28.